The molecule has 0 aliphatic carbocycles. The topological polar surface area (TPSA) is 105 Å². The van der Waals surface area contributed by atoms with Crippen LogP contribution in [0.3, 0.4) is 0 Å². The van der Waals surface area contributed by atoms with Gasteiger partial charge in [0.1, 0.15) is 11.3 Å². The highest BCUT2D eigenvalue weighted by atomic mass is 35.5. The quantitative estimate of drug-likeness (QED) is 0.234. The number of ether oxygens (including phenoxy) is 1. The molecule has 3 rings (SSSR count). The highest BCUT2D eigenvalue weighted by Crippen LogP contribution is 2.24. The second-order valence-corrected chi connectivity index (χ2v) is 7.49. The van der Waals surface area contributed by atoms with Crippen molar-refractivity contribution in [2.24, 2.45) is 0 Å². The second kappa shape index (κ2) is 11.2. The summed E-state index contributed by atoms with van der Waals surface area (Å²) in [5, 5.41) is 14.6. The summed E-state index contributed by atoms with van der Waals surface area (Å²) in [6.45, 7) is -0.485. The number of benzene rings is 3. The van der Waals surface area contributed by atoms with Crippen LogP contribution in [0.1, 0.15) is 5.56 Å². The van der Waals surface area contributed by atoms with E-state index in [1.807, 2.05) is 0 Å². The van der Waals surface area contributed by atoms with Gasteiger partial charge in [0.05, 0.1) is 21.4 Å². The summed E-state index contributed by atoms with van der Waals surface area (Å²) in [5.74, 6) is -2.14. The Kier molecular flexibility index (Phi) is 8.07. The number of para-hydroxylation sites is 2. The van der Waals surface area contributed by atoms with E-state index in [1.165, 1.54) is 18.2 Å². The standard InChI is InChI=1S/C24H18Cl2N2O5/c25-18-5-1-3-7-20(18)27-23(31)17(24(32)28-21-8-4-2-6-19(21)26)13-15-9-11-16(12-10-15)33-14-22(29)30/h1-13H,14H2,(H,27,31)(H,28,32)(H,29,30). The molecule has 0 saturated carbocycles. The maximum atomic E-state index is 13.0. The van der Waals surface area contributed by atoms with Gasteiger partial charge in [-0.15, -0.1) is 0 Å². The maximum Gasteiger partial charge on any atom is 0.341 e. The lowest BCUT2D eigenvalue weighted by atomic mass is 10.1. The first-order valence-corrected chi connectivity index (χ1v) is 10.4. The smallest absolute Gasteiger partial charge is 0.341 e. The van der Waals surface area contributed by atoms with E-state index in [0.29, 0.717) is 32.7 Å². The SMILES string of the molecule is O=C(O)COc1ccc(C=C(C(=O)Nc2ccccc2Cl)C(=O)Nc2ccccc2Cl)cc1. The molecule has 0 aromatic heterocycles. The summed E-state index contributed by atoms with van der Waals surface area (Å²) >= 11 is 12.2. The molecular weight excluding hydrogens is 467 g/mol. The Morgan fingerprint density at radius 3 is 1.73 bits per heavy atom. The van der Waals surface area contributed by atoms with Gasteiger partial charge >= 0.3 is 5.97 Å². The molecule has 168 valence electrons. The Morgan fingerprint density at radius 1 is 0.788 bits per heavy atom. The van der Waals surface area contributed by atoms with E-state index in [-0.39, 0.29) is 5.57 Å². The second-order valence-electron chi connectivity index (χ2n) is 6.68. The lowest BCUT2D eigenvalue weighted by molar-refractivity contribution is -0.139. The minimum absolute atomic E-state index is 0.200. The highest BCUT2D eigenvalue weighted by molar-refractivity contribution is 6.36. The van der Waals surface area contributed by atoms with Gasteiger partial charge in [0.2, 0.25) is 0 Å². The fourth-order valence-corrected chi connectivity index (χ4v) is 3.08. The molecule has 0 aliphatic heterocycles. The summed E-state index contributed by atoms with van der Waals surface area (Å²) in [5.41, 5.74) is 1.00. The van der Waals surface area contributed by atoms with Crippen LogP contribution in [0.25, 0.3) is 6.08 Å². The molecule has 0 heterocycles. The van der Waals surface area contributed by atoms with Crippen LogP contribution in [-0.2, 0) is 14.4 Å². The number of carboxylic acid groups (broad SMARTS) is 1. The van der Waals surface area contributed by atoms with Crippen molar-refractivity contribution in [1.29, 1.82) is 0 Å². The molecule has 0 spiro atoms. The number of carbonyl (C=O) groups excluding carboxylic acids is 2. The molecule has 3 aromatic rings. The van der Waals surface area contributed by atoms with Gasteiger partial charge in [-0.3, -0.25) is 9.59 Å². The minimum Gasteiger partial charge on any atom is -0.482 e. The molecule has 0 unspecified atom stereocenters. The zero-order valence-electron chi connectivity index (χ0n) is 17.0. The summed E-state index contributed by atoms with van der Waals surface area (Å²) in [6, 6.07) is 19.5. The monoisotopic (exact) mass is 484 g/mol. The van der Waals surface area contributed by atoms with E-state index in [2.05, 4.69) is 10.6 Å². The Morgan fingerprint density at radius 2 is 1.27 bits per heavy atom. The normalized spacial score (nSPS) is 10.1. The molecule has 7 nitrogen and oxygen atoms in total. The van der Waals surface area contributed by atoms with E-state index >= 15 is 0 Å². The number of hydrogen-bond acceptors (Lipinski definition) is 4. The van der Waals surface area contributed by atoms with Crippen molar-refractivity contribution < 1.29 is 24.2 Å². The van der Waals surface area contributed by atoms with Gasteiger partial charge in [-0.1, -0.05) is 59.6 Å². The van der Waals surface area contributed by atoms with Crippen LogP contribution >= 0.6 is 23.2 Å². The van der Waals surface area contributed by atoms with Crippen molar-refractivity contribution in [3.63, 3.8) is 0 Å². The van der Waals surface area contributed by atoms with Crippen LogP contribution < -0.4 is 15.4 Å². The first kappa shape index (κ1) is 23.8. The summed E-state index contributed by atoms with van der Waals surface area (Å²) in [6.07, 6.45) is 1.39. The van der Waals surface area contributed by atoms with Crippen molar-refractivity contribution in [3.05, 3.63) is 94.0 Å². The van der Waals surface area contributed by atoms with Crippen LogP contribution in [0.4, 0.5) is 11.4 Å². The van der Waals surface area contributed by atoms with Crippen molar-refractivity contribution in [3.8, 4) is 5.75 Å². The van der Waals surface area contributed by atoms with Crippen LogP contribution in [-0.4, -0.2) is 29.5 Å². The Labute approximate surface area is 199 Å². The van der Waals surface area contributed by atoms with Crippen LogP contribution in [0.2, 0.25) is 10.0 Å². The molecule has 3 N–H and O–H groups in total. The van der Waals surface area contributed by atoms with Crippen LogP contribution in [0, 0.1) is 0 Å². The summed E-state index contributed by atoms with van der Waals surface area (Å²) in [7, 11) is 0. The van der Waals surface area contributed by atoms with Gasteiger partial charge in [-0.05, 0) is 48.0 Å². The third-order valence-corrected chi connectivity index (χ3v) is 4.95. The fourth-order valence-electron chi connectivity index (χ4n) is 2.71. The molecule has 0 fully saturated rings. The number of aliphatic carboxylic acids is 1. The number of hydrogen-bond donors (Lipinski definition) is 3. The molecule has 0 aliphatic rings. The zero-order valence-corrected chi connectivity index (χ0v) is 18.6. The van der Waals surface area contributed by atoms with Gasteiger partial charge < -0.3 is 20.5 Å². The average Bonchev–Trinajstić information content (AvgIpc) is 2.79. The van der Waals surface area contributed by atoms with E-state index in [9.17, 15) is 14.4 Å². The van der Waals surface area contributed by atoms with Crippen molar-refractivity contribution in [2.75, 3.05) is 17.2 Å². The van der Waals surface area contributed by atoms with Gasteiger partial charge in [0.25, 0.3) is 11.8 Å². The molecule has 3 aromatic carbocycles. The van der Waals surface area contributed by atoms with Crippen molar-refractivity contribution in [2.45, 2.75) is 0 Å². The fraction of sp³-hybridized carbons (Fsp3) is 0.0417. The van der Waals surface area contributed by atoms with E-state index in [0.717, 1.165) is 0 Å². The molecule has 33 heavy (non-hydrogen) atoms. The Balaban J connectivity index is 1.89. The summed E-state index contributed by atoms with van der Waals surface area (Å²) < 4.78 is 5.10. The number of amides is 2. The molecular formula is C24H18Cl2N2O5. The first-order valence-electron chi connectivity index (χ1n) is 9.61. The maximum absolute atomic E-state index is 13.0. The highest BCUT2D eigenvalue weighted by Gasteiger charge is 2.20. The zero-order chi connectivity index (χ0) is 23.8. The molecule has 2 amide bonds. The van der Waals surface area contributed by atoms with Crippen molar-refractivity contribution >= 4 is 58.4 Å². The lowest BCUT2D eigenvalue weighted by Crippen LogP contribution is -2.25. The van der Waals surface area contributed by atoms with Gasteiger partial charge in [0.15, 0.2) is 6.61 Å². The van der Waals surface area contributed by atoms with E-state index < -0.39 is 24.4 Å². The van der Waals surface area contributed by atoms with Gasteiger partial charge in [-0.2, -0.15) is 0 Å². The van der Waals surface area contributed by atoms with Crippen molar-refractivity contribution in [1.82, 2.24) is 0 Å². The Bertz CT molecular complexity index is 1150. The number of rotatable bonds is 8. The first-order chi connectivity index (χ1) is 15.8. The van der Waals surface area contributed by atoms with E-state index in [1.54, 1.807) is 60.7 Å². The molecule has 0 atom stereocenters. The molecule has 0 bridgehead atoms. The summed E-state index contributed by atoms with van der Waals surface area (Å²) in [4.78, 5) is 36.7. The number of nitrogens with one attached hydrogen (secondary N) is 2. The average molecular weight is 485 g/mol. The predicted octanol–water partition coefficient (Wildman–Crippen LogP) is 5.12. The predicted molar refractivity (Wildman–Crippen MR) is 128 cm³/mol. The lowest BCUT2D eigenvalue weighted by Gasteiger charge is -2.12. The number of carbonyl (C=O) groups is 3. The molecule has 0 radical (unpaired) electrons. The van der Waals surface area contributed by atoms with Gasteiger partial charge in [-0.25, -0.2) is 4.79 Å². The molecule has 0 saturated heterocycles. The molecule has 9 heteroatoms. The third kappa shape index (κ3) is 6.83. The van der Waals surface area contributed by atoms with E-state index in [4.69, 9.17) is 33.0 Å². The number of anilines is 2. The van der Waals surface area contributed by atoms with Gasteiger partial charge in [0, 0.05) is 0 Å². The number of carboxylic acids is 1. The minimum atomic E-state index is -1.10. The largest absolute Gasteiger partial charge is 0.482 e. The Hall–Kier alpha value is -3.81. The van der Waals surface area contributed by atoms with Crippen LogP contribution in [0.15, 0.2) is 78.4 Å². The third-order valence-electron chi connectivity index (χ3n) is 4.29. The number of halogens is 2. The van der Waals surface area contributed by atoms with Crippen LogP contribution in [0.5, 0.6) is 5.75 Å².